The van der Waals surface area contributed by atoms with Gasteiger partial charge < -0.3 is 9.13 Å². The largest absolute Gasteiger partial charge is 0.309 e. The van der Waals surface area contributed by atoms with E-state index in [-0.39, 0.29) is 0 Å². The molecule has 0 unspecified atom stereocenters. The number of rotatable bonds is 2. The molecule has 3 heteroatoms. The van der Waals surface area contributed by atoms with Crippen molar-refractivity contribution in [1.82, 2.24) is 9.13 Å². The first-order valence-corrected chi connectivity index (χ1v) is 14.9. The second-order valence-electron chi connectivity index (χ2n) is 11.2. The fourth-order valence-corrected chi connectivity index (χ4v) is 7.79. The number of aryl methyl sites for hydroxylation is 2. The minimum absolute atomic E-state index is 1.20. The molecule has 0 saturated heterocycles. The molecule has 0 aliphatic rings. The van der Waals surface area contributed by atoms with E-state index in [1.165, 1.54) is 86.3 Å². The summed E-state index contributed by atoms with van der Waals surface area (Å²) in [6.07, 6.45) is 0. The van der Waals surface area contributed by atoms with Crippen molar-refractivity contribution in [1.29, 1.82) is 0 Å². The molecular formula is C38H26N2S. The lowest BCUT2D eigenvalue weighted by atomic mass is 10.1. The van der Waals surface area contributed by atoms with Gasteiger partial charge in [0.2, 0.25) is 0 Å². The second-order valence-corrected chi connectivity index (χ2v) is 12.3. The zero-order valence-corrected chi connectivity index (χ0v) is 23.7. The van der Waals surface area contributed by atoms with Gasteiger partial charge in [0.05, 0.1) is 22.1 Å². The van der Waals surface area contributed by atoms with Gasteiger partial charge in [0, 0.05) is 53.1 Å². The highest BCUT2D eigenvalue weighted by Crippen LogP contribution is 2.43. The van der Waals surface area contributed by atoms with Gasteiger partial charge in [-0.1, -0.05) is 71.8 Å². The molecule has 0 atom stereocenters. The van der Waals surface area contributed by atoms with Crippen LogP contribution < -0.4 is 0 Å². The lowest BCUT2D eigenvalue weighted by Crippen LogP contribution is -1.93. The Kier molecular flexibility index (Phi) is 4.65. The summed E-state index contributed by atoms with van der Waals surface area (Å²) < 4.78 is 7.51. The van der Waals surface area contributed by atoms with Crippen LogP contribution in [-0.2, 0) is 0 Å². The summed E-state index contributed by atoms with van der Waals surface area (Å²) >= 11 is 1.90. The van der Waals surface area contributed by atoms with E-state index in [0.29, 0.717) is 0 Å². The summed E-state index contributed by atoms with van der Waals surface area (Å²) in [6, 6.07) is 45.0. The van der Waals surface area contributed by atoms with Gasteiger partial charge in [-0.15, -0.1) is 11.3 Å². The smallest absolute Gasteiger partial charge is 0.0548 e. The van der Waals surface area contributed by atoms with E-state index in [1.54, 1.807) is 0 Å². The van der Waals surface area contributed by atoms with Crippen LogP contribution in [0.5, 0.6) is 0 Å². The Morgan fingerprint density at radius 1 is 0.390 bits per heavy atom. The van der Waals surface area contributed by atoms with Crippen LogP contribution in [0.4, 0.5) is 0 Å². The van der Waals surface area contributed by atoms with E-state index in [9.17, 15) is 0 Å². The first kappa shape index (κ1) is 22.9. The SMILES string of the molecule is Cc1ccc(-n2c3ccccc3c3cc4sc5cc6c7ccccc7n(-c7ccc(C)cc7)c6cc5c4cc32)cc1. The molecular weight excluding hydrogens is 516 g/mol. The van der Waals surface area contributed by atoms with Crippen LogP contribution in [0.15, 0.2) is 121 Å². The molecule has 41 heavy (non-hydrogen) atoms. The van der Waals surface area contributed by atoms with Crippen LogP contribution in [0.25, 0.3) is 75.2 Å². The maximum Gasteiger partial charge on any atom is 0.0548 e. The number of hydrogen-bond acceptors (Lipinski definition) is 1. The predicted molar refractivity (Wildman–Crippen MR) is 177 cm³/mol. The Morgan fingerprint density at radius 2 is 0.805 bits per heavy atom. The number of para-hydroxylation sites is 2. The van der Waals surface area contributed by atoms with Gasteiger partial charge in [-0.25, -0.2) is 0 Å². The topological polar surface area (TPSA) is 9.86 Å². The zero-order chi connectivity index (χ0) is 27.2. The summed E-state index contributed by atoms with van der Waals surface area (Å²) in [5, 5.41) is 7.83. The van der Waals surface area contributed by atoms with Crippen molar-refractivity contribution >= 4 is 75.1 Å². The third-order valence-electron chi connectivity index (χ3n) is 8.64. The highest BCUT2D eigenvalue weighted by Gasteiger charge is 2.18. The summed E-state index contributed by atoms with van der Waals surface area (Å²) in [5.74, 6) is 0. The van der Waals surface area contributed by atoms with Crippen LogP contribution in [0.2, 0.25) is 0 Å². The molecule has 0 bridgehead atoms. The van der Waals surface area contributed by atoms with E-state index in [1.807, 2.05) is 11.3 Å². The lowest BCUT2D eigenvalue weighted by Gasteiger charge is -2.09. The first-order valence-electron chi connectivity index (χ1n) is 14.1. The molecule has 194 valence electrons. The molecule has 3 aromatic heterocycles. The van der Waals surface area contributed by atoms with Crippen LogP contribution in [0.3, 0.4) is 0 Å². The third kappa shape index (κ3) is 3.24. The summed E-state index contributed by atoms with van der Waals surface area (Å²) in [7, 11) is 0. The molecule has 0 aliphatic carbocycles. The fraction of sp³-hybridized carbons (Fsp3) is 0.0526. The summed E-state index contributed by atoms with van der Waals surface area (Å²) in [6.45, 7) is 4.29. The van der Waals surface area contributed by atoms with Crippen molar-refractivity contribution in [3.63, 3.8) is 0 Å². The Bertz CT molecular complexity index is 2290. The molecule has 0 N–H and O–H groups in total. The molecule has 2 nitrogen and oxygen atoms in total. The molecule has 0 aliphatic heterocycles. The molecule has 0 spiro atoms. The summed E-state index contributed by atoms with van der Waals surface area (Å²) in [5.41, 5.74) is 9.93. The molecule has 6 aromatic carbocycles. The van der Waals surface area contributed by atoms with Gasteiger partial charge in [0.15, 0.2) is 0 Å². The van der Waals surface area contributed by atoms with Crippen molar-refractivity contribution in [3.8, 4) is 11.4 Å². The zero-order valence-electron chi connectivity index (χ0n) is 22.8. The Morgan fingerprint density at radius 3 is 1.24 bits per heavy atom. The minimum Gasteiger partial charge on any atom is -0.309 e. The summed E-state index contributed by atoms with van der Waals surface area (Å²) in [4.78, 5) is 0. The first-order chi connectivity index (χ1) is 20.1. The van der Waals surface area contributed by atoms with Gasteiger partial charge in [-0.05, 0) is 74.5 Å². The van der Waals surface area contributed by atoms with E-state index in [2.05, 4.69) is 144 Å². The second kappa shape index (κ2) is 8.33. The highest BCUT2D eigenvalue weighted by molar-refractivity contribution is 7.26. The number of fused-ring (bicyclic) bond motifs is 9. The number of benzene rings is 6. The molecule has 0 fully saturated rings. The van der Waals surface area contributed by atoms with Gasteiger partial charge in [-0.2, -0.15) is 0 Å². The Labute approximate surface area is 241 Å². The van der Waals surface area contributed by atoms with Crippen LogP contribution >= 0.6 is 11.3 Å². The molecule has 0 saturated carbocycles. The van der Waals surface area contributed by atoms with Crippen LogP contribution in [-0.4, -0.2) is 9.13 Å². The van der Waals surface area contributed by atoms with Crippen molar-refractivity contribution in [3.05, 3.63) is 132 Å². The van der Waals surface area contributed by atoms with Gasteiger partial charge >= 0.3 is 0 Å². The van der Waals surface area contributed by atoms with Crippen molar-refractivity contribution in [2.45, 2.75) is 13.8 Å². The molecule has 0 amide bonds. The van der Waals surface area contributed by atoms with E-state index < -0.39 is 0 Å². The highest BCUT2D eigenvalue weighted by atomic mass is 32.1. The van der Waals surface area contributed by atoms with Crippen LogP contribution in [0, 0.1) is 13.8 Å². The predicted octanol–water partition coefficient (Wildman–Crippen LogP) is 10.9. The Balaban J connectivity index is 1.40. The van der Waals surface area contributed by atoms with Gasteiger partial charge in [0.1, 0.15) is 0 Å². The minimum atomic E-state index is 1.20. The normalized spacial score (nSPS) is 12.1. The number of thiophene rings is 1. The maximum absolute atomic E-state index is 2.43. The Hall–Kier alpha value is -4.86. The van der Waals surface area contributed by atoms with Gasteiger partial charge in [0.25, 0.3) is 0 Å². The van der Waals surface area contributed by atoms with Crippen molar-refractivity contribution in [2.24, 2.45) is 0 Å². The average molecular weight is 543 g/mol. The number of aromatic nitrogens is 2. The monoisotopic (exact) mass is 542 g/mol. The quantitative estimate of drug-likeness (QED) is 0.206. The standard InChI is InChI=1S/C38H26N2S/c1-23-11-15-25(16-12-23)39-33-9-5-3-7-27(33)29-21-37-31(19-35(29)39)32-20-36-30(22-38(32)41-37)28-8-4-6-10-34(28)40(36)26-17-13-24(2)14-18-26/h3-22H,1-2H3. The van der Waals surface area contributed by atoms with E-state index in [0.717, 1.165) is 0 Å². The molecule has 0 radical (unpaired) electrons. The average Bonchev–Trinajstić information content (AvgIpc) is 3.63. The van der Waals surface area contributed by atoms with Gasteiger partial charge in [-0.3, -0.25) is 0 Å². The molecule has 3 heterocycles. The lowest BCUT2D eigenvalue weighted by molar-refractivity contribution is 1.18. The molecule has 9 aromatic rings. The third-order valence-corrected chi connectivity index (χ3v) is 9.76. The van der Waals surface area contributed by atoms with E-state index >= 15 is 0 Å². The molecule has 9 rings (SSSR count). The number of nitrogens with zero attached hydrogens (tertiary/aromatic N) is 2. The maximum atomic E-state index is 2.43. The fourth-order valence-electron chi connectivity index (χ4n) is 6.64. The van der Waals surface area contributed by atoms with E-state index in [4.69, 9.17) is 0 Å². The van der Waals surface area contributed by atoms with Crippen molar-refractivity contribution in [2.75, 3.05) is 0 Å². The number of hydrogen-bond donors (Lipinski definition) is 0. The van der Waals surface area contributed by atoms with Crippen molar-refractivity contribution < 1.29 is 0 Å². The van der Waals surface area contributed by atoms with Crippen LogP contribution in [0.1, 0.15) is 11.1 Å².